The molecule has 0 amide bonds. The third kappa shape index (κ3) is 3.81. The zero-order valence-electron chi connectivity index (χ0n) is 12.1. The topological polar surface area (TPSA) is 15.3 Å². The second-order valence-electron chi connectivity index (χ2n) is 4.84. The maximum Gasteiger partial charge on any atom is 0.123 e. The van der Waals surface area contributed by atoms with Gasteiger partial charge in [0.05, 0.1) is 0 Å². The molecular weight excluding hydrogens is 251 g/mol. The largest absolute Gasteiger partial charge is 0.367 e. The van der Waals surface area contributed by atoms with Crippen LogP contribution in [-0.4, -0.2) is 13.6 Å². The van der Waals surface area contributed by atoms with Gasteiger partial charge in [-0.2, -0.15) is 0 Å². The van der Waals surface area contributed by atoms with Crippen LogP contribution < -0.4 is 10.2 Å². The lowest BCUT2D eigenvalue weighted by molar-refractivity contribution is 0.627. The fourth-order valence-electron chi connectivity index (χ4n) is 2.22. The lowest BCUT2D eigenvalue weighted by atomic mass is 10.1. The van der Waals surface area contributed by atoms with E-state index in [2.05, 4.69) is 41.4 Å². The quantitative estimate of drug-likeness (QED) is 0.865. The van der Waals surface area contributed by atoms with Crippen LogP contribution in [0.15, 0.2) is 48.5 Å². The molecule has 3 heteroatoms. The summed E-state index contributed by atoms with van der Waals surface area (Å²) in [5.41, 5.74) is 3.59. The second kappa shape index (κ2) is 7.06. The molecule has 0 saturated carbocycles. The van der Waals surface area contributed by atoms with E-state index in [1.807, 2.05) is 19.2 Å². The Morgan fingerprint density at radius 1 is 0.950 bits per heavy atom. The minimum absolute atomic E-state index is 0.193. The number of rotatable bonds is 6. The summed E-state index contributed by atoms with van der Waals surface area (Å²) in [4.78, 5) is 2.23. The molecule has 2 aromatic rings. The molecule has 0 unspecified atom stereocenters. The highest BCUT2D eigenvalue weighted by Gasteiger charge is 2.05. The molecule has 106 valence electrons. The normalized spacial score (nSPS) is 10.6. The first-order chi connectivity index (χ1) is 9.72. The molecule has 2 nitrogen and oxygen atoms in total. The van der Waals surface area contributed by atoms with Crippen LogP contribution in [0.1, 0.15) is 18.1 Å². The van der Waals surface area contributed by atoms with E-state index in [1.165, 1.54) is 23.3 Å². The lowest BCUT2D eigenvalue weighted by Crippen LogP contribution is -2.21. The molecular formula is C17H21FN2. The van der Waals surface area contributed by atoms with E-state index in [-0.39, 0.29) is 5.82 Å². The molecule has 0 heterocycles. The predicted octanol–water partition coefficient (Wildman–Crippen LogP) is 3.57. The van der Waals surface area contributed by atoms with E-state index in [1.54, 1.807) is 0 Å². The zero-order valence-corrected chi connectivity index (χ0v) is 12.1. The minimum atomic E-state index is -0.193. The molecule has 0 bridgehead atoms. The van der Waals surface area contributed by atoms with E-state index < -0.39 is 0 Å². The molecule has 2 rings (SSSR count). The standard InChI is InChI=1S/C17H21FN2/c1-3-20(17-10-8-16(18)9-11-17)13-15-6-4-14(5-7-15)12-19-2/h4-11,19H,3,12-13H2,1-2H3. The summed E-state index contributed by atoms with van der Waals surface area (Å²) in [6.45, 7) is 4.72. The molecule has 20 heavy (non-hydrogen) atoms. The average molecular weight is 272 g/mol. The van der Waals surface area contributed by atoms with Crippen LogP contribution in [0.5, 0.6) is 0 Å². The first-order valence-electron chi connectivity index (χ1n) is 6.96. The predicted molar refractivity (Wildman–Crippen MR) is 82.3 cm³/mol. The van der Waals surface area contributed by atoms with Crippen LogP contribution >= 0.6 is 0 Å². The van der Waals surface area contributed by atoms with Crippen molar-refractivity contribution >= 4 is 5.69 Å². The van der Waals surface area contributed by atoms with Crippen LogP contribution in [0.4, 0.5) is 10.1 Å². The number of hydrogen-bond acceptors (Lipinski definition) is 2. The van der Waals surface area contributed by atoms with Crippen LogP contribution in [0.2, 0.25) is 0 Å². The fraction of sp³-hybridized carbons (Fsp3) is 0.294. The number of anilines is 1. The van der Waals surface area contributed by atoms with Crippen LogP contribution in [0, 0.1) is 5.82 Å². The van der Waals surface area contributed by atoms with Crippen LogP contribution in [0.25, 0.3) is 0 Å². The molecule has 0 radical (unpaired) electrons. The van der Waals surface area contributed by atoms with Crippen LogP contribution in [0.3, 0.4) is 0 Å². The Bertz CT molecular complexity index is 520. The third-order valence-corrected chi connectivity index (χ3v) is 3.35. The second-order valence-corrected chi connectivity index (χ2v) is 4.84. The van der Waals surface area contributed by atoms with Gasteiger partial charge in [0, 0.05) is 25.3 Å². The zero-order chi connectivity index (χ0) is 14.4. The Morgan fingerprint density at radius 2 is 1.55 bits per heavy atom. The Morgan fingerprint density at radius 3 is 2.10 bits per heavy atom. The average Bonchev–Trinajstić information content (AvgIpc) is 2.48. The van der Waals surface area contributed by atoms with Gasteiger partial charge in [-0.25, -0.2) is 4.39 Å². The first kappa shape index (κ1) is 14.5. The van der Waals surface area contributed by atoms with Crippen molar-refractivity contribution in [2.24, 2.45) is 0 Å². The Balaban J connectivity index is 2.07. The maximum absolute atomic E-state index is 13.0. The maximum atomic E-state index is 13.0. The molecule has 0 aromatic heterocycles. The number of nitrogens with zero attached hydrogens (tertiary/aromatic N) is 1. The van der Waals surface area contributed by atoms with Crippen molar-refractivity contribution in [3.63, 3.8) is 0 Å². The highest BCUT2D eigenvalue weighted by molar-refractivity contribution is 5.46. The number of hydrogen-bond donors (Lipinski definition) is 1. The highest BCUT2D eigenvalue weighted by atomic mass is 19.1. The molecule has 0 aliphatic carbocycles. The first-order valence-corrected chi connectivity index (χ1v) is 6.96. The van der Waals surface area contributed by atoms with Gasteiger partial charge in [0.15, 0.2) is 0 Å². The fourth-order valence-corrected chi connectivity index (χ4v) is 2.22. The molecule has 2 aromatic carbocycles. The summed E-state index contributed by atoms with van der Waals surface area (Å²) in [7, 11) is 1.95. The van der Waals surface area contributed by atoms with Crippen molar-refractivity contribution in [3.05, 3.63) is 65.5 Å². The smallest absolute Gasteiger partial charge is 0.123 e. The molecule has 0 saturated heterocycles. The van der Waals surface area contributed by atoms with Crippen molar-refractivity contribution in [1.82, 2.24) is 5.32 Å². The van der Waals surface area contributed by atoms with Gasteiger partial charge in [0.25, 0.3) is 0 Å². The summed E-state index contributed by atoms with van der Waals surface area (Å²) in [5.74, 6) is -0.193. The number of benzene rings is 2. The van der Waals surface area contributed by atoms with E-state index in [9.17, 15) is 4.39 Å². The molecule has 0 fully saturated rings. The van der Waals surface area contributed by atoms with Gasteiger partial charge in [-0.05, 0) is 49.4 Å². The molecule has 0 atom stereocenters. The summed E-state index contributed by atoms with van der Waals surface area (Å²) in [5, 5.41) is 3.14. The number of nitrogens with one attached hydrogen (secondary N) is 1. The van der Waals surface area contributed by atoms with Crippen molar-refractivity contribution in [2.75, 3.05) is 18.5 Å². The Kier molecular flexibility index (Phi) is 5.13. The van der Waals surface area contributed by atoms with Gasteiger partial charge in [0.2, 0.25) is 0 Å². The molecule has 0 aliphatic heterocycles. The van der Waals surface area contributed by atoms with Gasteiger partial charge in [-0.1, -0.05) is 24.3 Å². The highest BCUT2D eigenvalue weighted by Crippen LogP contribution is 2.17. The SMILES string of the molecule is CCN(Cc1ccc(CNC)cc1)c1ccc(F)cc1. The monoisotopic (exact) mass is 272 g/mol. The van der Waals surface area contributed by atoms with Gasteiger partial charge in [0.1, 0.15) is 5.82 Å². The van der Waals surface area contributed by atoms with Gasteiger partial charge >= 0.3 is 0 Å². The summed E-state index contributed by atoms with van der Waals surface area (Å²) in [6, 6.07) is 15.3. The summed E-state index contributed by atoms with van der Waals surface area (Å²) in [6.07, 6.45) is 0. The van der Waals surface area contributed by atoms with Crippen LogP contribution in [-0.2, 0) is 13.1 Å². The third-order valence-electron chi connectivity index (χ3n) is 3.35. The number of halogens is 1. The Labute approximate surface area is 120 Å². The van der Waals surface area contributed by atoms with Gasteiger partial charge in [-0.15, -0.1) is 0 Å². The van der Waals surface area contributed by atoms with E-state index >= 15 is 0 Å². The summed E-state index contributed by atoms with van der Waals surface area (Å²) < 4.78 is 13.0. The van der Waals surface area contributed by atoms with Gasteiger partial charge < -0.3 is 10.2 Å². The molecule has 0 spiro atoms. The molecule has 0 aliphatic rings. The summed E-state index contributed by atoms with van der Waals surface area (Å²) >= 11 is 0. The van der Waals surface area contributed by atoms with E-state index in [0.717, 1.165) is 25.3 Å². The van der Waals surface area contributed by atoms with Crippen molar-refractivity contribution in [1.29, 1.82) is 0 Å². The lowest BCUT2D eigenvalue weighted by Gasteiger charge is -2.23. The van der Waals surface area contributed by atoms with Crippen molar-refractivity contribution in [3.8, 4) is 0 Å². The van der Waals surface area contributed by atoms with Crippen molar-refractivity contribution in [2.45, 2.75) is 20.0 Å². The Hall–Kier alpha value is -1.87. The van der Waals surface area contributed by atoms with Gasteiger partial charge in [-0.3, -0.25) is 0 Å². The van der Waals surface area contributed by atoms with E-state index in [4.69, 9.17) is 0 Å². The molecule has 1 N–H and O–H groups in total. The minimum Gasteiger partial charge on any atom is -0.367 e. The van der Waals surface area contributed by atoms with Crippen molar-refractivity contribution < 1.29 is 4.39 Å². The van der Waals surface area contributed by atoms with E-state index in [0.29, 0.717) is 0 Å².